The normalized spacial score (nSPS) is 17.1. The predicted octanol–water partition coefficient (Wildman–Crippen LogP) is 0.108. The van der Waals surface area contributed by atoms with Crippen LogP contribution in [0.4, 0.5) is 0 Å². The van der Waals surface area contributed by atoms with Gasteiger partial charge in [0.05, 0.1) is 13.2 Å². The minimum atomic E-state index is 0.240. The SMILES string of the molecule is CCN(CC)CCCN1CNCC1=O. The lowest BCUT2D eigenvalue weighted by Crippen LogP contribution is -2.31. The standard InChI is InChI=1S/C10H21N3O/c1-3-12(4-2)6-5-7-13-9-11-8-10(13)14/h11H,3-9H2,1-2H3. The average Bonchev–Trinajstić information content (AvgIpc) is 2.59. The van der Waals surface area contributed by atoms with Gasteiger partial charge in [0.1, 0.15) is 0 Å². The molecule has 0 aromatic heterocycles. The van der Waals surface area contributed by atoms with Gasteiger partial charge in [-0.2, -0.15) is 0 Å². The minimum absolute atomic E-state index is 0.240. The maximum atomic E-state index is 11.2. The number of amides is 1. The van der Waals surface area contributed by atoms with Crippen LogP contribution in [0.1, 0.15) is 20.3 Å². The van der Waals surface area contributed by atoms with Gasteiger partial charge in [0.2, 0.25) is 5.91 Å². The summed E-state index contributed by atoms with van der Waals surface area (Å²) < 4.78 is 0. The molecule has 0 radical (unpaired) electrons. The van der Waals surface area contributed by atoms with Crippen LogP contribution in [0.15, 0.2) is 0 Å². The first-order chi connectivity index (χ1) is 6.77. The van der Waals surface area contributed by atoms with Crippen molar-refractivity contribution in [3.8, 4) is 0 Å². The zero-order valence-corrected chi connectivity index (χ0v) is 9.25. The minimum Gasteiger partial charge on any atom is -0.329 e. The summed E-state index contributed by atoms with van der Waals surface area (Å²) in [7, 11) is 0. The molecule has 0 aromatic carbocycles. The van der Waals surface area contributed by atoms with Crippen LogP contribution in [-0.2, 0) is 4.79 Å². The summed E-state index contributed by atoms with van der Waals surface area (Å²) in [5.74, 6) is 0.240. The molecule has 82 valence electrons. The van der Waals surface area contributed by atoms with Crippen molar-refractivity contribution < 1.29 is 4.79 Å². The first-order valence-electron chi connectivity index (χ1n) is 5.48. The van der Waals surface area contributed by atoms with Gasteiger partial charge in [-0.3, -0.25) is 10.1 Å². The van der Waals surface area contributed by atoms with Gasteiger partial charge in [-0.25, -0.2) is 0 Å². The predicted molar refractivity (Wildman–Crippen MR) is 57.0 cm³/mol. The van der Waals surface area contributed by atoms with Gasteiger partial charge in [-0.05, 0) is 26.1 Å². The summed E-state index contributed by atoms with van der Waals surface area (Å²) in [6, 6.07) is 0. The number of rotatable bonds is 6. The van der Waals surface area contributed by atoms with Crippen molar-refractivity contribution in [2.75, 3.05) is 39.4 Å². The highest BCUT2D eigenvalue weighted by Crippen LogP contribution is 1.98. The van der Waals surface area contributed by atoms with Crippen LogP contribution in [-0.4, -0.2) is 55.1 Å². The van der Waals surface area contributed by atoms with Crippen molar-refractivity contribution in [2.24, 2.45) is 0 Å². The Hall–Kier alpha value is -0.610. The number of nitrogens with one attached hydrogen (secondary N) is 1. The molecule has 0 bridgehead atoms. The summed E-state index contributed by atoms with van der Waals surface area (Å²) in [6.45, 7) is 9.78. The van der Waals surface area contributed by atoms with E-state index in [0.717, 1.165) is 39.3 Å². The number of carbonyl (C=O) groups is 1. The smallest absolute Gasteiger partial charge is 0.237 e. The summed E-state index contributed by atoms with van der Waals surface area (Å²) >= 11 is 0. The second-order valence-electron chi connectivity index (χ2n) is 3.62. The molecular weight excluding hydrogens is 178 g/mol. The van der Waals surface area contributed by atoms with Crippen LogP contribution in [0.25, 0.3) is 0 Å². The zero-order valence-electron chi connectivity index (χ0n) is 9.25. The molecule has 4 nitrogen and oxygen atoms in total. The van der Waals surface area contributed by atoms with Crippen LogP contribution in [0.3, 0.4) is 0 Å². The molecule has 0 aromatic rings. The Morgan fingerprint density at radius 2 is 2.14 bits per heavy atom. The quantitative estimate of drug-likeness (QED) is 0.659. The Labute approximate surface area is 86.2 Å². The van der Waals surface area contributed by atoms with Crippen molar-refractivity contribution in [3.05, 3.63) is 0 Å². The maximum Gasteiger partial charge on any atom is 0.237 e. The van der Waals surface area contributed by atoms with E-state index < -0.39 is 0 Å². The monoisotopic (exact) mass is 199 g/mol. The Kier molecular flexibility index (Phi) is 4.90. The molecule has 0 spiro atoms. The van der Waals surface area contributed by atoms with Gasteiger partial charge in [0, 0.05) is 6.54 Å². The van der Waals surface area contributed by atoms with E-state index >= 15 is 0 Å². The molecule has 4 heteroatoms. The van der Waals surface area contributed by atoms with Crippen LogP contribution in [0.2, 0.25) is 0 Å². The molecule has 0 aliphatic carbocycles. The third kappa shape index (κ3) is 3.27. The van der Waals surface area contributed by atoms with E-state index in [0.29, 0.717) is 6.54 Å². The molecule has 1 aliphatic rings. The third-order valence-electron chi connectivity index (χ3n) is 2.73. The van der Waals surface area contributed by atoms with Gasteiger partial charge >= 0.3 is 0 Å². The van der Waals surface area contributed by atoms with E-state index in [-0.39, 0.29) is 5.91 Å². The van der Waals surface area contributed by atoms with Gasteiger partial charge in [-0.15, -0.1) is 0 Å². The highest BCUT2D eigenvalue weighted by Gasteiger charge is 2.18. The Bertz CT molecular complexity index is 180. The van der Waals surface area contributed by atoms with E-state index in [1.165, 1.54) is 0 Å². The van der Waals surface area contributed by atoms with Crippen LogP contribution >= 0.6 is 0 Å². The lowest BCUT2D eigenvalue weighted by atomic mass is 10.3. The maximum absolute atomic E-state index is 11.2. The van der Waals surface area contributed by atoms with Crippen molar-refractivity contribution >= 4 is 5.91 Å². The lowest BCUT2D eigenvalue weighted by Gasteiger charge is -2.20. The van der Waals surface area contributed by atoms with Crippen molar-refractivity contribution in [1.29, 1.82) is 0 Å². The molecule has 1 fully saturated rings. The van der Waals surface area contributed by atoms with Crippen molar-refractivity contribution in [2.45, 2.75) is 20.3 Å². The Morgan fingerprint density at radius 3 is 2.64 bits per heavy atom. The van der Waals surface area contributed by atoms with Crippen LogP contribution in [0, 0.1) is 0 Å². The summed E-state index contributed by atoms with van der Waals surface area (Å²) in [5, 5.41) is 3.05. The summed E-state index contributed by atoms with van der Waals surface area (Å²) in [4.78, 5) is 15.5. The zero-order chi connectivity index (χ0) is 10.4. The van der Waals surface area contributed by atoms with Gasteiger partial charge in [-0.1, -0.05) is 13.8 Å². The Balaban J connectivity index is 2.11. The molecule has 1 amide bonds. The van der Waals surface area contributed by atoms with Crippen molar-refractivity contribution in [3.63, 3.8) is 0 Å². The van der Waals surface area contributed by atoms with Crippen LogP contribution < -0.4 is 5.32 Å². The fourth-order valence-electron chi connectivity index (χ4n) is 1.73. The van der Waals surface area contributed by atoms with Gasteiger partial charge < -0.3 is 9.80 Å². The van der Waals surface area contributed by atoms with Gasteiger partial charge in [0.25, 0.3) is 0 Å². The molecule has 1 saturated heterocycles. The van der Waals surface area contributed by atoms with Crippen molar-refractivity contribution in [1.82, 2.24) is 15.1 Å². The molecule has 0 atom stereocenters. The highest BCUT2D eigenvalue weighted by molar-refractivity contribution is 5.79. The molecular formula is C10H21N3O. The van der Waals surface area contributed by atoms with Gasteiger partial charge in [0.15, 0.2) is 0 Å². The van der Waals surface area contributed by atoms with E-state index in [4.69, 9.17) is 0 Å². The number of hydrogen-bond acceptors (Lipinski definition) is 3. The summed E-state index contributed by atoms with van der Waals surface area (Å²) in [6.07, 6.45) is 1.08. The second-order valence-corrected chi connectivity index (χ2v) is 3.62. The first kappa shape index (κ1) is 11.5. The van der Waals surface area contributed by atoms with E-state index in [9.17, 15) is 4.79 Å². The average molecular weight is 199 g/mol. The van der Waals surface area contributed by atoms with Crippen LogP contribution in [0.5, 0.6) is 0 Å². The van der Waals surface area contributed by atoms with E-state index in [1.807, 2.05) is 4.90 Å². The molecule has 1 heterocycles. The topological polar surface area (TPSA) is 35.6 Å². The highest BCUT2D eigenvalue weighted by atomic mass is 16.2. The molecule has 1 aliphatic heterocycles. The molecule has 0 saturated carbocycles. The molecule has 0 unspecified atom stereocenters. The number of nitrogens with zero attached hydrogens (tertiary/aromatic N) is 2. The van der Waals surface area contributed by atoms with E-state index in [1.54, 1.807) is 0 Å². The molecule has 14 heavy (non-hydrogen) atoms. The number of carbonyl (C=O) groups excluding carboxylic acids is 1. The Morgan fingerprint density at radius 1 is 1.43 bits per heavy atom. The molecule has 1 N–H and O–H groups in total. The summed E-state index contributed by atoms with van der Waals surface area (Å²) in [5.41, 5.74) is 0. The fraction of sp³-hybridized carbons (Fsp3) is 0.900. The fourth-order valence-corrected chi connectivity index (χ4v) is 1.73. The second kappa shape index (κ2) is 5.98. The van der Waals surface area contributed by atoms with E-state index in [2.05, 4.69) is 24.1 Å². The number of hydrogen-bond donors (Lipinski definition) is 1. The first-order valence-corrected chi connectivity index (χ1v) is 5.48. The lowest BCUT2D eigenvalue weighted by molar-refractivity contribution is -0.126. The molecule has 1 rings (SSSR count). The third-order valence-corrected chi connectivity index (χ3v) is 2.73. The largest absolute Gasteiger partial charge is 0.329 e.